The molecule has 29 heavy (non-hydrogen) atoms. The van der Waals surface area contributed by atoms with Crippen LogP contribution in [0.3, 0.4) is 0 Å². The highest BCUT2D eigenvalue weighted by atomic mass is 16.3. The van der Waals surface area contributed by atoms with E-state index in [2.05, 4.69) is 15.4 Å². The molecule has 0 unspecified atom stereocenters. The van der Waals surface area contributed by atoms with Crippen LogP contribution in [0.4, 0.5) is 0 Å². The Morgan fingerprint density at radius 2 is 1.86 bits per heavy atom. The zero-order chi connectivity index (χ0) is 20.7. The van der Waals surface area contributed by atoms with Gasteiger partial charge in [0.1, 0.15) is 12.1 Å². The minimum Gasteiger partial charge on any atom is -0.443 e. The molecule has 0 fully saturated rings. The summed E-state index contributed by atoms with van der Waals surface area (Å²) in [7, 11) is 0. The lowest BCUT2D eigenvalue weighted by atomic mass is 9.98. The Kier molecular flexibility index (Phi) is 4.82. The van der Waals surface area contributed by atoms with Gasteiger partial charge in [0.2, 0.25) is 11.6 Å². The highest BCUT2D eigenvalue weighted by Gasteiger charge is 2.27. The van der Waals surface area contributed by atoms with E-state index in [9.17, 15) is 4.79 Å². The Balaban J connectivity index is 1.69. The zero-order valence-electron chi connectivity index (χ0n) is 17.3. The van der Waals surface area contributed by atoms with Crippen molar-refractivity contribution >= 4 is 22.7 Å². The minimum atomic E-state index is -0.308. The monoisotopic (exact) mass is 391 g/mol. The first-order chi connectivity index (χ1) is 13.9. The molecule has 0 spiro atoms. The number of nitrogens with zero attached hydrogens (tertiary/aromatic N) is 4. The molecule has 0 radical (unpaired) electrons. The van der Waals surface area contributed by atoms with Crippen molar-refractivity contribution in [2.45, 2.75) is 46.6 Å². The minimum absolute atomic E-state index is 0.0487. The summed E-state index contributed by atoms with van der Waals surface area (Å²) in [6, 6.07) is 9.44. The van der Waals surface area contributed by atoms with Gasteiger partial charge in [-0.05, 0) is 32.3 Å². The molecular formula is C22H25N5O2. The number of furan rings is 1. The number of benzene rings is 1. The highest BCUT2D eigenvalue weighted by Crippen LogP contribution is 2.28. The first-order valence-electron chi connectivity index (χ1n) is 9.83. The lowest BCUT2D eigenvalue weighted by molar-refractivity contribution is -0.123. The number of carbonyl (C=O) groups is 1. The van der Waals surface area contributed by atoms with E-state index in [1.807, 2.05) is 65.0 Å². The maximum atomic E-state index is 12.9. The van der Waals surface area contributed by atoms with E-state index in [0.717, 1.165) is 22.3 Å². The summed E-state index contributed by atoms with van der Waals surface area (Å²) in [5.74, 6) is 1.20. The molecule has 1 N–H and O–H groups in total. The van der Waals surface area contributed by atoms with E-state index in [1.165, 1.54) is 0 Å². The van der Waals surface area contributed by atoms with Gasteiger partial charge in [0.25, 0.3) is 0 Å². The van der Waals surface area contributed by atoms with Gasteiger partial charge in [-0.2, -0.15) is 0 Å². The molecule has 1 amide bonds. The summed E-state index contributed by atoms with van der Waals surface area (Å²) in [4.78, 5) is 22.0. The van der Waals surface area contributed by atoms with Crippen molar-refractivity contribution in [3.05, 3.63) is 59.4 Å². The third kappa shape index (κ3) is 3.37. The summed E-state index contributed by atoms with van der Waals surface area (Å²) in [6.07, 6.45) is 1.60. The van der Waals surface area contributed by atoms with Gasteiger partial charge < -0.3 is 9.73 Å². The van der Waals surface area contributed by atoms with E-state index in [0.29, 0.717) is 17.2 Å². The van der Waals surface area contributed by atoms with Crippen LogP contribution < -0.4 is 5.32 Å². The van der Waals surface area contributed by atoms with Crippen LogP contribution in [0.25, 0.3) is 16.7 Å². The number of nitrogens with one attached hydrogen (secondary N) is 1. The molecule has 3 heterocycles. The van der Waals surface area contributed by atoms with Crippen LogP contribution >= 0.6 is 0 Å². The largest absolute Gasteiger partial charge is 0.443 e. The first-order valence-corrected chi connectivity index (χ1v) is 9.83. The van der Waals surface area contributed by atoms with Gasteiger partial charge in [0.15, 0.2) is 11.5 Å². The topological polar surface area (TPSA) is 85.3 Å². The summed E-state index contributed by atoms with van der Waals surface area (Å²) >= 11 is 0. The molecular weight excluding hydrogens is 366 g/mol. The second kappa shape index (κ2) is 7.31. The third-order valence-corrected chi connectivity index (χ3v) is 5.46. The van der Waals surface area contributed by atoms with Gasteiger partial charge in [0.05, 0.1) is 17.3 Å². The molecule has 4 aromatic rings. The number of hydrogen-bond donors (Lipinski definition) is 1. The Morgan fingerprint density at radius 1 is 1.14 bits per heavy atom. The zero-order valence-corrected chi connectivity index (χ0v) is 17.3. The predicted molar refractivity (Wildman–Crippen MR) is 111 cm³/mol. The number of amides is 1. The Bertz CT molecular complexity index is 1180. The lowest BCUT2D eigenvalue weighted by Gasteiger charge is -2.22. The first kappa shape index (κ1) is 19.1. The molecule has 1 aromatic carbocycles. The Morgan fingerprint density at radius 3 is 2.55 bits per heavy atom. The summed E-state index contributed by atoms with van der Waals surface area (Å²) in [5.41, 5.74) is 3.22. The number of fused-ring (bicyclic) bond motifs is 3. The van der Waals surface area contributed by atoms with Gasteiger partial charge >= 0.3 is 0 Å². The number of hydrogen-bond acceptors (Lipinski definition) is 5. The van der Waals surface area contributed by atoms with Crippen LogP contribution in [0.1, 0.15) is 55.4 Å². The second-order valence-corrected chi connectivity index (χ2v) is 7.81. The normalized spacial score (nSPS) is 13.9. The van der Waals surface area contributed by atoms with Crippen molar-refractivity contribution in [2.24, 2.45) is 5.92 Å². The van der Waals surface area contributed by atoms with Gasteiger partial charge in [-0.3, -0.25) is 4.79 Å². The molecule has 0 aliphatic carbocycles. The summed E-state index contributed by atoms with van der Waals surface area (Å²) in [6.45, 7) is 9.90. The fraction of sp³-hybridized carbons (Fsp3) is 0.364. The highest BCUT2D eigenvalue weighted by molar-refractivity contribution is 5.91. The summed E-state index contributed by atoms with van der Waals surface area (Å²) in [5, 5.41) is 8.60. The van der Waals surface area contributed by atoms with Crippen LogP contribution in [-0.4, -0.2) is 25.5 Å². The molecule has 150 valence electrons. The van der Waals surface area contributed by atoms with Crippen LogP contribution in [0.2, 0.25) is 0 Å². The van der Waals surface area contributed by atoms with E-state index < -0.39 is 0 Å². The van der Waals surface area contributed by atoms with E-state index >= 15 is 0 Å². The van der Waals surface area contributed by atoms with Crippen molar-refractivity contribution < 1.29 is 9.21 Å². The maximum absolute atomic E-state index is 12.9. The molecule has 7 heteroatoms. The second-order valence-electron chi connectivity index (χ2n) is 7.81. The fourth-order valence-electron chi connectivity index (χ4n) is 3.49. The van der Waals surface area contributed by atoms with Crippen LogP contribution in [-0.2, 0) is 4.79 Å². The predicted octanol–water partition coefficient (Wildman–Crippen LogP) is 4.10. The van der Waals surface area contributed by atoms with Crippen molar-refractivity contribution in [3.63, 3.8) is 0 Å². The molecule has 0 saturated heterocycles. The van der Waals surface area contributed by atoms with E-state index in [-0.39, 0.29) is 23.8 Å². The van der Waals surface area contributed by atoms with Gasteiger partial charge in [-0.25, -0.2) is 14.5 Å². The number of aryl methyl sites for hydroxylation is 2. The van der Waals surface area contributed by atoms with Crippen LogP contribution in [0.5, 0.6) is 0 Å². The van der Waals surface area contributed by atoms with Gasteiger partial charge in [-0.15, -0.1) is 5.10 Å². The third-order valence-electron chi connectivity index (χ3n) is 5.46. The molecule has 0 bridgehead atoms. The fourth-order valence-corrected chi connectivity index (χ4v) is 3.49. The Hall–Kier alpha value is -3.22. The van der Waals surface area contributed by atoms with E-state index in [4.69, 9.17) is 9.40 Å². The SMILES string of the molecule is Cc1oc2ncn3nc([C@@H](NC(=O)[C@@H](C)c4ccccc4)C(C)C)nc3c2c1C. The number of carbonyl (C=O) groups excluding carboxylic acids is 1. The van der Waals surface area contributed by atoms with Crippen molar-refractivity contribution in [3.8, 4) is 0 Å². The maximum Gasteiger partial charge on any atom is 0.231 e. The van der Waals surface area contributed by atoms with Crippen molar-refractivity contribution in [1.82, 2.24) is 24.9 Å². The summed E-state index contributed by atoms with van der Waals surface area (Å²) < 4.78 is 7.36. The molecule has 2 atom stereocenters. The molecule has 0 aliphatic heterocycles. The average Bonchev–Trinajstić information content (AvgIpc) is 3.26. The molecule has 0 saturated carbocycles. The van der Waals surface area contributed by atoms with E-state index in [1.54, 1.807) is 10.8 Å². The van der Waals surface area contributed by atoms with Crippen molar-refractivity contribution in [1.29, 1.82) is 0 Å². The van der Waals surface area contributed by atoms with Crippen molar-refractivity contribution in [2.75, 3.05) is 0 Å². The molecule has 4 rings (SSSR count). The van der Waals surface area contributed by atoms with Crippen LogP contribution in [0.15, 0.2) is 41.1 Å². The number of rotatable bonds is 5. The number of aromatic nitrogens is 4. The van der Waals surface area contributed by atoms with Gasteiger partial charge in [-0.1, -0.05) is 44.2 Å². The molecule has 0 aliphatic rings. The molecule has 7 nitrogen and oxygen atoms in total. The van der Waals surface area contributed by atoms with Gasteiger partial charge in [0, 0.05) is 5.56 Å². The molecule has 3 aromatic heterocycles. The smallest absolute Gasteiger partial charge is 0.231 e. The quantitative estimate of drug-likeness (QED) is 0.553. The lowest BCUT2D eigenvalue weighted by Crippen LogP contribution is -2.35. The average molecular weight is 391 g/mol. The van der Waals surface area contributed by atoms with Crippen LogP contribution in [0, 0.1) is 19.8 Å². The standard InChI is InChI=1S/C22H25N5O2/c1-12(2)18(24-21(28)14(4)16-9-7-6-8-10-16)19-25-20-17-13(3)15(5)29-22(17)23-11-27(20)26-19/h6-12,14,18H,1-5H3,(H,24,28)/t14-,18-/m0/s1. The Labute approximate surface area is 169 Å².